The average Bonchev–Trinajstić information content (AvgIpc) is 3.09. The summed E-state index contributed by atoms with van der Waals surface area (Å²) in [6.45, 7) is 4.03. The first kappa shape index (κ1) is 20.6. The van der Waals surface area contributed by atoms with E-state index in [2.05, 4.69) is 15.2 Å². The number of anilines is 1. The number of hydrogen-bond acceptors (Lipinski definition) is 7. The van der Waals surface area contributed by atoms with Crippen LogP contribution >= 0.6 is 11.8 Å². The summed E-state index contributed by atoms with van der Waals surface area (Å²) in [5.74, 6) is 0.663. The third kappa shape index (κ3) is 4.83. The molecule has 2 N–H and O–H groups in total. The molecule has 2 aromatic heterocycles. The van der Waals surface area contributed by atoms with Crippen LogP contribution in [0.3, 0.4) is 0 Å². The zero-order chi connectivity index (χ0) is 21.0. The number of thioether (sulfide) groups is 1. The van der Waals surface area contributed by atoms with Crippen molar-refractivity contribution in [3.63, 3.8) is 0 Å². The van der Waals surface area contributed by atoms with Gasteiger partial charge >= 0.3 is 0 Å². The summed E-state index contributed by atoms with van der Waals surface area (Å²) in [4.78, 5) is 30.1. The van der Waals surface area contributed by atoms with E-state index in [0.29, 0.717) is 22.4 Å². The summed E-state index contributed by atoms with van der Waals surface area (Å²) in [6, 6.07) is 8.99. The molecule has 0 aliphatic carbocycles. The molecule has 0 saturated carbocycles. The largest absolute Gasteiger partial charge is 0.497 e. The number of amides is 2. The lowest BCUT2D eigenvalue weighted by Gasteiger charge is -2.22. The standard InChI is InChI=1S/C19H22N6O3S/c1-12-10-13(2)25-18(21-12)22-23-19(25)29-11-17(27)24(9-8-16(20)26)14-4-6-15(28-3)7-5-14/h4-7,10H,8-9,11H2,1-3H3,(H2,20,26). The van der Waals surface area contributed by atoms with Crippen molar-refractivity contribution >= 4 is 35.0 Å². The van der Waals surface area contributed by atoms with Crippen LogP contribution in [0.25, 0.3) is 5.78 Å². The van der Waals surface area contributed by atoms with Crippen LogP contribution in [0.5, 0.6) is 5.75 Å². The molecule has 3 rings (SSSR count). The minimum atomic E-state index is -0.468. The lowest BCUT2D eigenvalue weighted by Crippen LogP contribution is -2.35. The van der Waals surface area contributed by atoms with E-state index in [1.165, 1.54) is 16.7 Å². The van der Waals surface area contributed by atoms with Gasteiger partial charge in [-0.15, -0.1) is 10.2 Å². The number of nitrogens with two attached hydrogens (primary N) is 1. The number of methoxy groups -OCH3 is 1. The molecule has 0 atom stereocenters. The van der Waals surface area contributed by atoms with Crippen LogP contribution in [-0.2, 0) is 9.59 Å². The Hall–Kier alpha value is -3.14. The van der Waals surface area contributed by atoms with Crippen LogP contribution in [-0.4, -0.2) is 50.8 Å². The molecule has 0 aliphatic heterocycles. The van der Waals surface area contributed by atoms with Crippen molar-refractivity contribution in [2.24, 2.45) is 5.73 Å². The Labute approximate surface area is 172 Å². The van der Waals surface area contributed by atoms with Gasteiger partial charge in [-0.3, -0.25) is 14.0 Å². The molecule has 3 aromatic rings. The highest BCUT2D eigenvalue weighted by Gasteiger charge is 2.19. The minimum absolute atomic E-state index is 0.0681. The Balaban J connectivity index is 1.78. The van der Waals surface area contributed by atoms with Crippen molar-refractivity contribution in [2.75, 3.05) is 24.3 Å². The van der Waals surface area contributed by atoms with Gasteiger partial charge in [-0.1, -0.05) is 11.8 Å². The van der Waals surface area contributed by atoms with Gasteiger partial charge in [-0.2, -0.15) is 0 Å². The van der Waals surface area contributed by atoms with Gasteiger partial charge in [-0.25, -0.2) is 4.98 Å². The number of fused-ring (bicyclic) bond motifs is 1. The van der Waals surface area contributed by atoms with E-state index < -0.39 is 5.91 Å². The number of hydrogen-bond donors (Lipinski definition) is 1. The quantitative estimate of drug-likeness (QED) is 0.558. The summed E-state index contributed by atoms with van der Waals surface area (Å²) in [5, 5.41) is 8.82. The smallest absolute Gasteiger partial charge is 0.256 e. The first-order valence-corrected chi connectivity index (χ1v) is 9.92. The maximum Gasteiger partial charge on any atom is 0.256 e. The second kappa shape index (κ2) is 8.91. The Kier molecular flexibility index (Phi) is 6.32. The number of rotatable bonds is 8. The number of carbonyl (C=O) groups excluding carboxylic acids is 2. The molecule has 0 unspecified atom stereocenters. The second-order valence-electron chi connectivity index (χ2n) is 6.41. The van der Waals surface area contributed by atoms with Gasteiger partial charge in [0.05, 0.1) is 12.9 Å². The third-order valence-corrected chi connectivity index (χ3v) is 5.17. The number of aryl methyl sites for hydroxylation is 2. The Morgan fingerprint density at radius 2 is 1.93 bits per heavy atom. The van der Waals surface area contributed by atoms with E-state index in [0.717, 1.165) is 11.4 Å². The monoisotopic (exact) mass is 414 g/mol. The molecule has 0 saturated heterocycles. The summed E-state index contributed by atoms with van der Waals surface area (Å²) >= 11 is 1.27. The normalized spacial score (nSPS) is 10.9. The predicted octanol–water partition coefficient (Wildman–Crippen LogP) is 1.75. The lowest BCUT2D eigenvalue weighted by molar-refractivity contribution is -0.118. The van der Waals surface area contributed by atoms with Gasteiger partial charge in [0.2, 0.25) is 11.8 Å². The van der Waals surface area contributed by atoms with Crippen molar-refractivity contribution in [1.29, 1.82) is 0 Å². The first-order chi connectivity index (χ1) is 13.9. The number of aromatic nitrogens is 4. The van der Waals surface area contributed by atoms with Crippen molar-refractivity contribution in [1.82, 2.24) is 19.6 Å². The van der Waals surface area contributed by atoms with Gasteiger partial charge in [0, 0.05) is 30.0 Å². The van der Waals surface area contributed by atoms with Crippen molar-refractivity contribution in [3.8, 4) is 5.75 Å². The van der Waals surface area contributed by atoms with E-state index in [-0.39, 0.29) is 24.6 Å². The summed E-state index contributed by atoms with van der Waals surface area (Å²) in [6.07, 6.45) is 0.0681. The molecule has 0 spiro atoms. The highest BCUT2D eigenvalue weighted by molar-refractivity contribution is 7.99. The number of nitrogens with zero attached hydrogens (tertiary/aromatic N) is 5. The molecule has 0 fully saturated rings. The Morgan fingerprint density at radius 3 is 2.59 bits per heavy atom. The molecule has 2 heterocycles. The number of carbonyl (C=O) groups is 2. The Morgan fingerprint density at radius 1 is 1.21 bits per heavy atom. The number of benzene rings is 1. The van der Waals surface area contributed by atoms with Gasteiger partial charge in [-0.05, 0) is 44.2 Å². The van der Waals surface area contributed by atoms with Crippen LogP contribution < -0.4 is 15.4 Å². The number of ether oxygens (including phenoxy) is 1. The second-order valence-corrected chi connectivity index (χ2v) is 7.35. The van der Waals surface area contributed by atoms with Crippen LogP contribution in [0.15, 0.2) is 35.5 Å². The molecule has 29 heavy (non-hydrogen) atoms. The predicted molar refractivity (Wildman–Crippen MR) is 110 cm³/mol. The molecule has 9 nitrogen and oxygen atoms in total. The zero-order valence-electron chi connectivity index (χ0n) is 16.5. The van der Waals surface area contributed by atoms with Gasteiger partial charge in [0.25, 0.3) is 5.78 Å². The van der Waals surface area contributed by atoms with Crippen LogP contribution in [0.4, 0.5) is 5.69 Å². The van der Waals surface area contributed by atoms with E-state index >= 15 is 0 Å². The van der Waals surface area contributed by atoms with E-state index in [4.69, 9.17) is 10.5 Å². The van der Waals surface area contributed by atoms with E-state index in [9.17, 15) is 9.59 Å². The SMILES string of the molecule is COc1ccc(N(CCC(N)=O)C(=O)CSc2nnc3nc(C)cc(C)n23)cc1. The summed E-state index contributed by atoms with van der Waals surface area (Å²) < 4.78 is 6.97. The van der Waals surface area contributed by atoms with Crippen LogP contribution in [0.2, 0.25) is 0 Å². The summed E-state index contributed by atoms with van der Waals surface area (Å²) in [5.41, 5.74) is 7.73. The average molecular weight is 414 g/mol. The Bertz CT molecular complexity index is 1030. The van der Waals surface area contributed by atoms with Gasteiger partial charge in [0.1, 0.15) is 5.75 Å². The van der Waals surface area contributed by atoms with Crippen LogP contribution in [0.1, 0.15) is 17.8 Å². The maximum atomic E-state index is 12.9. The fourth-order valence-electron chi connectivity index (χ4n) is 2.88. The number of primary amides is 1. The molecular weight excluding hydrogens is 392 g/mol. The van der Waals surface area contributed by atoms with Gasteiger partial charge in [0.15, 0.2) is 5.16 Å². The molecular formula is C19H22N6O3S. The minimum Gasteiger partial charge on any atom is -0.497 e. The van der Waals surface area contributed by atoms with Crippen molar-refractivity contribution in [2.45, 2.75) is 25.4 Å². The molecule has 0 bridgehead atoms. The fourth-order valence-corrected chi connectivity index (χ4v) is 3.74. The highest BCUT2D eigenvalue weighted by atomic mass is 32.2. The zero-order valence-corrected chi connectivity index (χ0v) is 17.3. The lowest BCUT2D eigenvalue weighted by atomic mass is 10.2. The van der Waals surface area contributed by atoms with Crippen LogP contribution in [0, 0.1) is 13.8 Å². The van der Waals surface area contributed by atoms with Gasteiger partial charge < -0.3 is 15.4 Å². The van der Waals surface area contributed by atoms with E-state index in [1.54, 1.807) is 31.4 Å². The third-order valence-electron chi connectivity index (χ3n) is 4.25. The topological polar surface area (TPSA) is 116 Å². The molecule has 0 aliphatic rings. The van der Waals surface area contributed by atoms with Crippen molar-refractivity contribution in [3.05, 3.63) is 41.7 Å². The molecule has 10 heteroatoms. The highest BCUT2D eigenvalue weighted by Crippen LogP contribution is 2.23. The van der Waals surface area contributed by atoms with Crippen molar-refractivity contribution < 1.29 is 14.3 Å². The molecule has 1 aromatic carbocycles. The molecule has 152 valence electrons. The maximum absolute atomic E-state index is 12.9. The van der Waals surface area contributed by atoms with E-state index in [1.807, 2.05) is 24.3 Å². The molecule has 0 radical (unpaired) electrons. The molecule has 2 amide bonds. The first-order valence-electron chi connectivity index (χ1n) is 8.94. The summed E-state index contributed by atoms with van der Waals surface area (Å²) in [7, 11) is 1.57. The fraction of sp³-hybridized carbons (Fsp3) is 0.316.